The lowest BCUT2D eigenvalue weighted by Gasteiger charge is -2.23. The number of anilines is 1. The van der Waals surface area contributed by atoms with Crippen molar-refractivity contribution in [1.82, 2.24) is 5.32 Å². The standard InChI is InChI=1S/C18H22N4O4S/c19-17(23)16-14(22-18(20)24)9-15(27-16)11-2-1-3-12(8-11)25-6-4-13-10-21-5-7-26-13/h1-3,8-9,13,21H,4-7,10H2,(H2,19,23)(H3,20,22,24). The fourth-order valence-electron chi connectivity index (χ4n) is 2.79. The molecule has 1 atom stereocenters. The zero-order valence-corrected chi connectivity index (χ0v) is 15.5. The van der Waals surface area contributed by atoms with Crippen LogP contribution in [-0.2, 0) is 4.74 Å². The van der Waals surface area contributed by atoms with Crippen molar-refractivity contribution in [3.8, 4) is 16.2 Å². The van der Waals surface area contributed by atoms with Crippen molar-refractivity contribution < 1.29 is 19.1 Å². The van der Waals surface area contributed by atoms with Crippen LogP contribution in [0.1, 0.15) is 16.1 Å². The quantitative estimate of drug-likeness (QED) is 0.573. The fourth-order valence-corrected chi connectivity index (χ4v) is 3.76. The van der Waals surface area contributed by atoms with Crippen LogP contribution in [-0.4, -0.2) is 44.3 Å². The summed E-state index contributed by atoms with van der Waals surface area (Å²) in [6.45, 7) is 2.99. The molecule has 2 heterocycles. The van der Waals surface area contributed by atoms with E-state index < -0.39 is 11.9 Å². The van der Waals surface area contributed by atoms with Gasteiger partial charge < -0.3 is 31.6 Å². The van der Waals surface area contributed by atoms with Crippen molar-refractivity contribution >= 4 is 29.0 Å². The van der Waals surface area contributed by atoms with Gasteiger partial charge in [0.05, 0.1) is 25.0 Å². The number of ether oxygens (including phenoxy) is 2. The van der Waals surface area contributed by atoms with Crippen LogP contribution in [0.5, 0.6) is 5.75 Å². The van der Waals surface area contributed by atoms with E-state index in [4.69, 9.17) is 20.9 Å². The van der Waals surface area contributed by atoms with Gasteiger partial charge in [-0.3, -0.25) is 4.79 Å². The molecule has 8 nitrogen and oxygen atoms in total. The average molecular weight is 390 g/mol. The van der Waals surface area contributed by atoms with Crippen molar-refractivity contribution in [2.45, 2.75) is 12.5 Å². The number of nitrogens with one attached hydrogen (secondary N) is 2. The number of urea groups is 1. The van der Waals surface area contributed by atoms with Gasteiger partial charge in [0, 0.05) is 24.4 Å². The molecule has 0 aliphatic carbocycles. The maximum Gasteiger partial charge on any atom is 0.316 e. The third-order valence-corrected chi connectivity index (χ3v) is 5.24. The van der Waals surface area contributed by atoms with E-state index in [1.807, 2.05) is 24.3 Å². The SMILES string of the molecule is NC(=O)Nc1cc(-c2cccc(OCCC3CNCCO3)c2)sc1C(N)=O. The molecule has 0 spiro atoms. The molecule has 3 amide bonds. The van der Waals surface area contributed by atoms with Crippen LogP contribution in [0.3, 0.4) is 0 Å². The van der Waals surface area contributed by atoms with Crippen LogP contribution in [0.25, 0.3) is 10.4 Å². The van der Waals surface area contributed by atoms with E-state index in [1.54, 1.807) is 6.07 Å². The number of benzene rings is 1. The molecule has 144 valence electrons. The monoisotopic (exact) mass is 390 g/mol. The molecule has 1 unspecified atom stereocenters. The molecule has 0 saturated carbocycles. The number of carbonyl (C=O) groups is 2. The molecule has 1 aromatic carbocycles. The van der Waals surface area contributed by atoms with E-state index in [0.29, 0.717) is 12.3 Å². The van der Waals surface area contributed by atoms with Crippen molar-refractivity contribution in [3.05, 3.63) is 35.2 Å². The first-order valence-electron chi connectivity index (χ1n) is 8.58. The molecule has 27 heavy (non-hydrogen) atoms. The van der Waals surface area contributed by atoms with Crippen molar-refractivity contribution in [3.63, 3.8) is 0 Å². The number of hydrogen-bond donors (Lipinski definition) is 4. The van der Waals surface area contributed by atoms with Gasteiger partial charge in [0.2, 0.25) is 0 Å². The van der Waals surface area contributed by atoms with E-state index in [0.717, 1.165) is 42.3 Å². The van der Waals surface area contributed by atoms with Gasteiger partial charge in [-0.2, -0.15) is 0 Å². The molecule has 1 aliphatic heterocycles. The van der Waals surface area contributed by atoms with E-state index in [-0.39, 0.29) is 11.0 Å². The van der Waals surface area contributed by atoms with Crippen molar-refractivity contribution in [2.75, 3.05) is 31.6 Å². The van der Waals surface area contributed by atoms with Gasteiger partial charge in [-0.15, -0.1) is 11.3 Å². The number of hydrogen-bond acceptors (Lipinski definition) is 6. The minimum Gasteiger partial charge on any atom is -0.493 e. The Kier molecular flexibility index (Phi) is 6.28. The van der Waals surface area contributed by atoms with E-state index in [9.17, 15) is 9.59 Å². The molecule has 2 aromatic rings. The minimum absolute atomic E-state index is 0.166. The molecule has 6 N–H and O–H groups in total. The fraction of sp³-hybridized carbons (Fsp3) is 0.333. The van der Waals surface area contributed by atoms with E-state index in [2.05, 4.69) is 10.6 Å². The van der Waals surface area contributed by atoms with Gasteiger partial charge >= 0.3 is 6.03 Å². The van der Waals surface area contributed by atoms with Crippen LogP contribution in [0.15, 0.2) is 30.3 Å². The summed E-state index contributed by atoms with van der Waals surface area (Å²) in [6, 6.07) is 8.44. The summed E-state index contributed by atoms with van der Waals surface area (Å²) in [7, 11) is 0. The molecular formula is C18H22N4O4S. The van der Waals surface area contributed by atoms with Crippen LogP contribution >= 0.6 is 11.3 Å². The Morgan fingerprint density at radius 2 is 2.19 bits per heavy atom. The largest absolute Gasteiger partial charge is 0.493 e. The molecular weight excluding hydrogens is 368 g/mol. The van der Waals surface area contributed by atoms with Gasteiger partial charge in [0.15, 0.2) is 0 Å². The highest BCUT2D eigenvalue weighted by molar-refractivity contribution is 7.18. The summed E-state index contributed by atoms with van der Waals surface area (Å²) in [5, 5.41) is 5.72. The van der Waals surface area contributed by atoms with Gasteiger partial charge in [-0.25, -0.2) is 4.79 Å². The smallest absolute Gasteiger partial charge is 0.316 e. The molecule has 9 heteroatoms. The Balaban J connectivity index is 1.69. The number of amides is 3. The van der Waals surface area contributed by atoms with Gasteiger partial charge in [0.1, 0.15) is 10.6 Å². The number of morpholine rings is 1. The molecule has 1 fully saturated rings. The second kappa shape index (κ2) is 8.85. The Morgan fingerprint density at radius 3 is 2.89 bits per heavy atom. The van der Waals surface area contributed by atoms with Crippen molar-refractivity contribution in [1.29, 1.82) is 0 Å². The molecule has 0 bridgehead atoms. The summed E-state index contributed by atoms with van der Waals surface area (Å²) in [4.78, 5) is 23.7. The second-order valence-corrected chi connectivity index (χ2v) is 7.12. The lowest BCUT2D eigenvalue weighted by molar-refractivity contribution is 0.0159. The highest BCUT2D eigenvalue weighted by Gasteiger charge is 2.17. The Morgan fingerprint density at radius 1 is 1.33 bits per heavy atom. The average Bonchev–Trinajstić information content (AvgIpc) is 3.06. The summed E-state index contributed by atoms with van der Waals surface area (Å²) < 4.78 is 11.5. The molecule has 1 aliphatic rings. The van der Waals surface area contributed by atoms with Gasteiger partial charge in [0.25, 0.3) is 5.91 Å². The number of rotatable bonds is 7. The zero-order valence-electron chi connectivity index (χ0n) is 14.7. The van der Waals surface area contributed by atoms with E-state index in [1.165, 1.54) is 11.3 Å². The summed E-state index contributed by atoms with van der Waals surface area (Å²) in [5.74, 6) is 0.0956. The maximum absolute atomic E-state index is 11.6. The highest BCUT2D eigenvalue weighted by Crippen LogP contribution is 2.35. The molecule has 1 saturated heterocycles. The van der Waals surface area contributed by atoms with Crippen LogP contribution in [0, 0.1) is 0 Å². The number of carbonyl (C=O) groups excluding carboxylic acids is 2. The normalized spacial score (nSPS) is 16.7. The summed E-state index contributed by atoms with van der Waals surface area (Å²) in [5.41, 5.74) is 11.7. The lowest BCUT2D eigenvalue weighted by Crippen LogP contribution is -2.39. The topological polar surface area (TPSA) is 129 Å². The van der Waals surface area contributed by atoms with E-state index >= 15 is 0 Å². The Labute approximate surface area is 160 Å². The zero-order chi connectivity index (χ0) is 19.2. The predicted octanol–water partition coefficient (Wildman–Crippen LogP) is 1.76. The first kappa shape index (κ1) is 19.2. The van der Waals surface area contributed by atoms with Crippen LogP contribution < -0.4 is 26.8 Å². The highest BCUT2D eigenvalue weighted by atomic mass is 32.1. The predicted molar refractivity (Wildman–Crippen MR) is 104 cm³/mol. The first-order valence-corrected chi connectivity index (χ1v) is 9.40. The van der Waals surface area contributed by atoms with Gasteiger partial charge in [-0.1, -0.05) is 12.1 Å². The van der Waals surface area contributed by atoms with Crippen LogP contribution in [0.4, 0.5) is 10.5 Å². The third-order valence-electron chi connectivity index (χ3n) is 4.05. The maximum atomic E-state index is 11.6. The van der Waals surface area contributed by atoms with Crippen LogP contribution in [0.2, 0.25) is 0 Å². The van der Waals surface area contributed by atoms with Crippen molar-refractivity contribution in [2.24, 2.45) is 11.5 Å². The lowest BCUT2D eigenvalue weighted by atomic mass is 10.1. The Hall–Kier alpha value is -2.62. The number of thiophene rings is 1. The number of primary amides is 2. The third kappa shape index (κ3) is 5.19. The first-order chi connectivity index (χ1) is 13.0. The van der Waals surface area contributed by atoms with Gasteiger partial charge in [-0.05, 0) is 23.8 Å². The molecule has 1 aromatic heterocycles. The molecule has 0 radical (unpaired) electrons. The summed E-state index contributed by atoms with van der Waals surface area (Å²) >= 11 is 1.19. The minimum atomic E-state index is -0.752. The Bertz CT molecular complexity index is 817. The second-order valence-electron chi connectivity index (χ2n) is 6.07. The summed E-state index contributed by atoms with van der Waals surface area (Å²) in [6.07, 6.45) is 0.967. The molecule has 3 rings (SSSR count). The number of nitrogens with two attached hydrogens (primary N) is 2.